The van der Waals surface area contributed by atoms with E-state index < -0.39 is 30.3 Å². The number of carboxylic acids is 2. The average Bonchev–Trinajstić information content (AvgIpc) is 2.74. The number of likely N-dealkylation sites (N-methyl/N-ethyl adjacent to an activating group) is 1. The van der Waals surface area contributed by atoms with E-state index in [9.17, 15) is 19.5 Å². The van der Waals surface area contributed by atoms with Crippen LogP contribution in [0.15, 0.2) is 11.6 Å². The van der Waals surface area contributed by atoms with Crippen LogP contribution in [0.4, 0.5) is 0 Å². The molecule has 6 nitrogen and oxygen atoms in total. The fourth-order valence-corrected chi connectivity index (χ4v) is 5.18. The van der Waals surface area contributed by atoms with Gasteiger partial charge in [0.25, 0.3) is 0 Å². The molecule has 0 aromatic rings. The zero-order valence-electron chi connectivity index (χ0n) is 23.1. The third-order valence-corrected chi connectivity index (χ3v) is 7.62. The fourth-order valence-electron chi connectivity index (χ4n) is 4.10. The van der Waals surface area contributed by atoms with Crippen molar-refractivity contribution in [1.29, 1.82) is 0 Å². The van der Waals surface area contributed by atoms with Crippen molar-refractivity contribution in [3.63, 3.8) is 0 Å². The topological polar surface area (TPSA) is 94.9 Å². The van der Waals surface area contributed by atoms with Crippen molar-refractivity contribution in [1.82, 2.24) is 4.90 Å². The van der Waals surface area contributed by atoms with Crippen molar-refractivity contribution in [2.45, 2.75) is 98.8 Å². The molecule has 0 aromatic heterocycles. The summed E-state index contributed by atoms with van der Waals surface area (Å²) in [7, 11) is 1.38. The predicted octanol–water partition coefficient (Wildman–Crippen LogP) is 6.74. The fraction of sp³-hybridized carbons (Fsp3) is 0.821. The van der Waals surface area contributed by atoms with Crippen molar-refractivity contribution in [3.8, 4) is 0 Å². The smallest absolute Gasteiger partial charge is 0.323 e. The Morgan fingerprint density at radius 1 is 0.886 bits per heavy atom. The van der Waals surface area contributed by atoms with E-state index in [2.05, 4.69) is 40.7 Å². The van der Waals surface area contributed by atoms with Gasteiger partial charge in [0.1, 0.15) is 6.54 Å². The average molecular weight is 514 g/mol. The van der Waals surface area contributed by atoms with Crippen molar-refractivity contribution in [2.75, 3.05) is 25.1 Å². The zero-order chi connectivity index (χ0) is 26.8. The maximum atomic E-state index is 12.0. The highest BCUT2D eigenvalue weighted by atomic mass is 32.2. The molecule has 0 saturated heterocycles. The summed E-state index contributed by atoms with van der Waals surface area (Å²) in [5.74, 6) is 0.0696. The minimum absolute atomic E-state index is 0.177. The Kier molecular flexibility index (Phi) is 18.8. The second kappa shape index (κ2) is 19.7. The molecular formula is C28H51NO5S. The van der Waals surface area contributed by atoms with Crippen molar-refractivity contribution in [2.24, 2.45) is 23.7 Å². The van der Waals surface area contributed by atoms with Crippen molar-refractivity contribution < 1.29 is 24.6 Å². The number of rotatable bonds is 21. The van der Waals surface area contributed by atoms with E-state index >= 15 is 0 Å². The zero-order valence-corrected chi connectivity index (χ0v) is 23.9. The summed E-state index contributed by atoms with van der Waals surface area (Å²) in [4.78, 5) is 35.3. The molecule has 0 rings (SSSR count). The van der Waals surface area contributed by atoms with E-state index in [0.717, 1.165) is 34.8 Å². The summed E-state index contributed by atoms with van der Waals surface area (Å²) < 4.78 is 0. The summed E-state index contributed by atoms with van der Waals surface area (Å²) in [5.41, 5.74) is 1.33. The SMILES string of the molecule is C/C(=C\CSCC(CC(=O)N(C)CC(=O)O)C(=O)O)CCCC(C)CCCC(C)CCCC(C)C. The molecule has 0 fully saturated rings. The van der Waals surface area contributed by atoms with Gasteiger partial charge in [-0.15, -0.1) is 0 Å². The molecule has 1 amide bonds. The lowest BCUT2D eigenvalue weighted by Gasteiger charge is -2.17. The number of hydrogen-bond acceptors (Lipinski definition) is 4. The third-order valence-electron chi connectivity index (χ3n) is 6.58. The molecular weight excluding hydrogens is 462 g/mol. The predicted molar refractivity (Wildman–Crippen MR) is 147 cm³/mol. The van der Waals surface area contributed by atoms with Crippen LogP contribution in [0.5, 0.6) is 0 Å². The summed E-state index contributed by atoms with van der Waals surface area (Å²) >= 11 is 1.50. The molecule has 0 radical (unpaired) electrons. The third kappa shape index (κ3) is 19.4. The maximum absolute atomic E-state index is 12.0. The standard InChI is InChI=1S/C28H51NO5S/c1-21(2)10-7-11-22(3)12-8-13-23(4)14-9-15-24(5)16-17-35-20-25(28(33)34)18-26(30)29(6)19-27(31)32/h16,21-23,25H,7-15,17-20H2,1-6H3,(H,31,32)(H,33,34)/b24-16+. The van der Waals surface area contributed by atoms with E-state index in [1.165, 1.54) is 75.7 Å². The first-order valence-corrected chi connectivity index (χ1v) is 14.5. The van der Waals surface area contributed by atoms with E-state index in [1.54, 1.807) is 0 Å². The van der Waals surface area contributed by atoms with E-state index in [0.29, 0.717) is 5.75 Å². The van der Waals surface area contributed by atoms with Gasteiger partial charge in [0.2, 0.25) is 5.91 Å². The minimum Gasteiger partial charge on any atom is -0.481 e. The van der Waals surface area contributed by atoms with Gasteiger partial charge in [-0.1, -0.05) is 84.3 Å². The molecule has 3 atom stereocenters. The van der Waals surface area contributed by atoms with Gasteiger partial charge in [0, 0.05) is 25.0 Å². The van der Waals surface area contributed by atoms with Crippen LogP contribution in [0.2, 0.25) is 0 Å². The number of thioether (sulfide) groups is 1. The number of hydrogen-bond donors (Lipinski definition) is 2. The molecule has 0 aliphatic carbocycles. The van der Waals surface area contributed by atoms with Gasteiger partial charge in [-0.2, -0.15) is 11.8 Å². The Morgan fingerprint density at radius 3 is 1.94 bits per heavy atom. The summed E-state index contributed by atoms with van der Waals surface area (Å²) in [5, 5.41) is 18.2. The van der Waals surface area contributed by atoms with Gasteiger partial charge in [-0.3, -0.25) is 14.4 Å². The minimum atomic E-state index is -1.11. The molecule has 7 heteroatoms. The Bertz CT molecular complexity index is 649. The van der Waals surface area contributed by atoms with E-state index in [4.69, 9.17) is 5.11 Å². The van der Waals surface area contributed by atoms with Crippen LogP contribution in [0, 0.1) is 23.7 Å². The number of carboxylic acid groups (broad SMARTS) is 2. The lowest BCUT2D eigenvalue weighted by Crippen LogP contribution is -2.34. The molecule has 0 spiro atoms. The Morgan fingerprint density at radius 2 is 1.43 bits per heavy atom. The number of carbonyl (C=O) groups is 3. The summed E-state index contributed by atoms with van der Waals surface area (Å²) in [6, 6.07) is 0. The van der Waals surface area contributed by atoms with Gasteiger partial charge in [0.15, 0.2) is 0 Å². The van der Waals surface area contributed by atoms with Crippen LogP contribution in [0.1, 0.15) is 98.8 Å². The molecule has 0 saturated carbocycles. The lowest BCUT2D eigenvalue weighted by molar-refractivity contribution is -0.146. The summed E-state index contributed by atoms with van der Waals surface area (Å²) in [6.07, 6.45) is 13.5. The number of carbonyl (C=O) groups excluding carboxylic acids is 1. The number of amides is 1. The second-order valence-electron chi connectivity index (χ2n) is 10.8. The Labute approximate surface area is 218 Å². The molecule has 0 aromatic carbocycles. The van der Waals surface area contributed by atoms with Gasteiger partial charge < -0.3 is 15.1 Å². The number of aliphatic carboxylic acids is 2. The van der Waals surface area contributed by atoms with Gasteiger partial charge in [-0.25, -0.2) is 0 Å². The molecule has 204 valence electrons. The first-order chi connectivity index (χ1) is 16.4. The normalized spacial score (nSPS) is 14.5. The number of allylic oxidation sites excluding steroid dienone is 1. The van der Waals surface area contributed by atoms with Crippen LogP contribution in [-0.2, 0) is 14.4 Å². The highest BCUT2D eigenvalue weighted by Gasteiger charge is 2.23. The van der Waals surface area contributed by atoms with Gasteiger partial charge in [0.05, 0.1) is 5.92 Å². The molecule has 3 unspecified atom stereocenters. The summed E-state index contributed by atoms with van der Waals surface area (Å²) in [6.45, 7) is 11.1. The highest BCUT2D eigenvalue weighted by Crippen LogP contribution is 2.22. The molecule has 35 heavy (non-hydrogen) atoms. The van der Waals surface area contributed by atoms with Crippen LogP contribution in [-0.4, -0.2) is 58.1 Å². The second-order valence-corrected chi connectivity index (χ2v) is 11.9. The molecule has 0 aliphatic rings. The van der Waals surface area contributed by atoms with Crippen LogP contribution >= 0.6 is 11.8 Å². The van der Waals surface area contributed by atoms with E-state index in [1.807, 2.05) is 0 Å². The monoisotopic (exact) mass is 513 g/mol. The van der Waals surface area contributed by atoms with E-state index in [-0.39, 0.29) is 6.42 Å². The quantitative estimate of drug-likeness (QED) is 0.130. The lowest BCUT2D eigenvalue weighted by atomic mass is 9.91. The molecule has 0 bridgehead atoms. The first kappa shape index (κ1) is 33.5. The Balaban J connectivity index is 4.08. The molecule has 0 heterocycles. The number of nitrogens with zero attached hydrogens (tertiary/aromatic N) is 1. The molecule has 0 aliphatic heterocycles. The van der Waals surface area contributed by atoms with Crippen molar-refractivity contribution >= 4 is 29.6 Å². The van der Waals surface area contributed by atoms with Gasteiger partial charge >= 0.3 is 11.9 Å². The van der Waals surface area contributed by atoms with Crippen LogP contribution < -0.4 is 0 Å². The van der Waals surface area contributed by atoms with Crippen molar-refractivity contribution in [3.05, 3.63) is 11.6 Å². The first-order valence-electron chi connectivity index (χ1n) is 13.3. The van der Waals surface area contributed by atoms with Crippen LogP contribution in [0.25, 0.3) is 0 Å². The highest BCUT2D eigenvalue weighted by molar-refractivity contribution is 7.99. The molecule has 2 N–H and O–H groups in total. The van der Waals surface area contributed by atoms with Crippen LogP contribution in [0.3, 0.4) is 0 Å². The van der Waals surface area contributed by atoms with Gasteiger partial charge in [-0.05, 0) is 37.5 Å². The maximum Gasteiger partial charge on any atom is 0.323 e. The largest absolute Gasteiger partial charge is 0.481 e. The Hall–Kier alpha value is -1.50.